The smallest absolute Gasteiger partial charge is 0.263 e. The van der Waals surface area contributed by atoms with Crippen LogP contribution in [0.2, 0.25) is 5.02 Å². The first-order valence-electron chi connectivity index (χ1n) is 10.1. The third-order valence-corrected chi connectivity index (χ3v) is 7.23. The number of hydrogen-bond donors (Lipinski definition) is 1. The number of nitrogens with one attached hydrogen (secondary N) is 1. The molecule has 0 radical (unpaired) electrons. The average Bonchev–Trinajstić information content (AvgIpc) is 3.45. The van der Waals surface area contributed by atoms with Crippen molar-refractivity contribution in [1.29, 1.82) is 5.26 Å². The van der Waals surface area contributed by atoms with E-state index >= 15 is 0 Å². The maximum atomic E-state index is 12.7. The molecule has 0 saturated carbocycles. The molecule has 0 amide bonds. The Balaban J connectivity index is 1.73. The average molecular weight is 514 g/mol. The fraction of sp³-hybridized carbons (Fsp3) is 0.174. The van der Waals surface area contributed by atoms with E-state index in [1.165, 1.54) is 24.4 Å². The highest BCUT2D eigenvalue weighted by Gasteiger charge is 2.23. The van der Waals surface area contributed by atoms with Crippen molar-refractivity contribution in [1.82, 2.24) is 14.8 Å². The molecule has 0 aliphatic carbocycles. The third-order valence-electron chi connectivity index (χ3n) is 4.77. The van der Waals surface area contributed by atoms with Crippen molar-refractivity contribution >= 4 is 38.1 Å². The molecule has 0 spiro atoms. The summed E-state index contributed by atoms with van der Waals surface area (Å²) in [5, 5.41) is 16.5. The number of sulfonamides is 1. The summed E-state index contributed by atoms with van der Waals surface area (Å²) in [7, 11) is -3.92. The van der Waals surface area contributed by atoms with Gasteiger partial charge in [0, 0.05) is 17.8 Å². The summed E-state index contributed by atoms with van der Waals surface area (Å²) in [6.45, 7) is 6.06. The molecule has 4 rings (SSSR count). The summed E-state index contributed by atoms with van der Waals surface area (Å²) in [5.74, 6) is 0.604. The standard InChI is InChI=1S/C23H20ClN5O3S2/c1-23(2,3)29-18(9-10-27-29)21-17(24)5-4-6-20(21)32-19-8-7-16(13-15(19)14-25)34(30,31)28-22-26-11-12-33-22/h4-13H,1-3H3,(H,26,28). The van der Waals surface area contributed by atoms with E-state index in [-0.39, 0.29) is 26.9 Å². The van der Waals surface area contributed by atoms with Gasteiger partial charge in [-0.2, -0.15) is 10.4 Å². The first-order valence-corrected chi connectivity index (χ1v) is 12.8. The minimum absolute atomic E-state index is 0.0530. The number of thiazole rings is 1. The molecule has 0 atom stereocenters. The zero-order valence-electron chi connectivity index (χ0n) is 18.5. The summed E-state index contributed by atoms with van der Waals surface area (Å²) in [5.41, 5.74) is 1.10. The van der Waals surface area contributed by atoms with Crippen molar-refractivity contribution in [2.45, 2.75) is 31.2 Å². The third kappa shape index (κ3) is 4.77. The van der Waals surface area contributed by atoms with Crippen LogP contribution in [0.4, 0.5) is 5.13 Å². The highest BCUT2D eigenvalue weighted by atomic mass is 35.5. The zero-order chi connectivity index (χ0) is 24.5. The van der Waals surface area contributed by atoms with Gasteiger partial charge in [0.1, 0.15) is 17.6 Å². The second-order valence-corrected chi connectivity index (χ2v) is 11.2. The lowest BCUT2D eigenvalue weighted by atomic mass is 10.1. The molecule has 11 heteroatoms. The van der Waals surface area contributed by atoms with Crippen molar-refractivity contribution in [2.24, 2.45) is 0 Å². The molecule has 174 valence electrons. The highest BCUT2D eigenvalue weighted by Crippen LogP contribution is 2.41. The summed E-state index contributed by atoms with van der Waals surface area (Å²) < 4.78 is 35.7. The summed E-state index contributed by atoms with van der Waals surface area (Å²) >= 11 is 7.71. The van der Waals surface area contributed by atoms with E-state index in [2.05, 4.69) is 14.8 Å². The maximum Gasteiger partial charge on any atom is 0.263 e. The molecule has 4 aromatic rings. The molecule has 0 bridgehead atoms. The van der Waals surface area contributed by atoms with Crippen molar-refractivity contribution in [3.05, 3.63) is 70.8 Å². The molecule has 2 aromatic heterocycles. The van der Waals surface area contributed by atoms with Gasteiger partial charge in [0.15, 0.2) is 5.13 Å². The van der Waals surface area contributed by atoms with Crippen LogP contribution in [0.5, 0.6) is 11.5 Å². The summed E-state index contributed by atoms with van der Waals surface area (Å²) in [6.07, 6.45) is 3.18. The van der Waals surface area contributed by atoms with Crippen LogP contribution in [-0.2, 0) is 15.6 Å². The Labute approximate surface area is 206 Å². The molecular weight excluding hydrogens is 494 g/mol. The SMILES string of the molecule is CC(C)(C)n1nccc1-c1c(Cl)cccc1Oc1ccc(S(=O)(=O)Nc2nccs2)cc1C#N. The molecule has 2 heterocycles. The van der Waals surface area contributed by atoms with E-state index < -0.39 is 10.0 Å². The van der Waals surface area contributed by atoms with Gasteiger partial charge in [0.2, 0.25) is 0 Å². The maximum absolute atomic E-state index is 12.7. The number of nitrogens with zero attached hydrogens (tertiary/aromatic N) is 4. The number of aromatic nitrogens is 3. The van der Waals surface area contributed by atoms with Crippen LogP contribution >= 0.6 is 22.9 Å². The minimum atomic E-state index is -3.92. The van der Waals surface area contributed by atoms with Gasteiger partial charge in [-0.05, 0) is 57.2 Å². The zero-order valence-corrected chi connectivity index (χ0v) is 20.9. The molecule has 0 saturated heterocycles. The summed E-state index contributed by atoms with van der Waals surface area (Å²) in [4.78, 5) is 3.85. The Morgan fingerprint density at radius 3 is 2.62 bits per heavy atom. The number of ether oxygens (including phenoxy) is 1. The van der Waals surface area contributed by atoms with Crippen LogP contribution in [0, 0.1) is 11.3 Å². The molecule has 2 aromatic carbocycles. The number of benzene rings is 2. The molecule has 8 nitrogen and oxygen atoms in total. The molecule has 1 N–H and O–H groups in total. The Kier molecular flexibility index (Phi) is 6.36. The lowest BCUT2D eigenvalue weighted by molar-refractivity contribution is 0.359. The van der Waals surface area contributed by atoms with Gasteiger partial charge >= 0.3 is 0 Å². The molecule has 34 heavy (non-hydrogen) atoms. The van der Waals surface area contributed by atoms with Crippen LogP contribution in [0.25, 0.3) is 11.3 Å². The Morgan fingerprint density at radius 2 is 1.94 bits per heavy atom. The van der Waals surface area contributed by atoms with Crippen LogP contribution in [0.1, 0.15) is 26.3 Å². The highest BCUT2D eigenvalue weighted by molar-refractivity contribution is 7.93. The number of rotatable bonds is 6. The summed E-state index contributed by atoms with van der Waals surface area (Å²) in [6, 6.07) is 13.1. The van der Waals surface area contributed by atoms with Crippen LogP contribution < -0.4 is 9.46 Å². The first kappa shape index (κ1) is 23.8. The quantitative estimate of drug-likeness (QED) is 0.344. The Hall–Kier alpha value is -3.39. The predicted octanol–water partition coefficient (Wildman–Crippen LogP) is 5.88. The second-order valence-electron chi connectivity index (χ2n) is 8.23. The largest absolute Gasteiger partial charge is 0.455 e. The first-order chi connectivity index (χ1) is 16.1. The van der Waals surface area contributed by atoms with E-state index in [1.807, 2.05) is 37.6 Å². The van der Waals surface area contributed by atoms with Gasteiger partial charge in [0.25, 0.3) is 10.0 Å². The fourth-order valence-corrected chi connectivity index (χ4v) is 5.36. The minimum Gasteiger partial charge on any atom is -0.455 e. The van der Waals surface area contributed by atoms with Gasteiger partial charge in [-0.3, -0.25) is 9.40 Å². The molecule has 0 fully saturated rings. The van der Waals surface area contributed by atoms with Crippen molar-refractivity contribution in [2.75, 3.05) is 4.72 Å². The second kappa shape index (κ2) is 9.10. The van der Waals surface area contributed by atoms with E-state index in [0.717, 1.165) is 17.0 Å². The lowest BCUT2D eigenvalue weighted by Crippen LogP contribution is -2.24. The van der Waals surface area contributed by atoms with Crippen molar-refractivity contribution in [3.8, 4) is 28.8 Å². The van der Waals surface area contributed by atoms with Crippen LogP contribution in [0.15, 0.2) is 65.1 Å². The van der Waals surface area contributed by atoms with E-state index in [9.17, 15) is 13.7 Å². The number of halogens is 1. The Bertz CT molecular complexity index is 1480. The molecule has 0 aliphatic heterocycles. The number of hydrogen-bond acceptors (Lipinski definition) is 7. The van der Waals surface area contributed by atoms with E-state index in [4.69, 9.17) is 16.3 Å². The fourth-order valence-electron chi connectivity index (χ4n) is 3.28. The van der Waals surface area contributed by atoms with Gasteiger partial charge in [-0.15, -0.1) is 11.3 Å². The topological polar surface area (TPSA) is 110 Å². The lowest BCUT2D eigenvalue weighted by Gasteiger charge is -2.24. The van der Waals surface area contributed by atoms with Crippen LogP contribution in [0.3, 0.4) is 0 Å². The van der Waals surface area contributed by atoms with Gasteiger partial charge < -0.3 is 4.74 Å². The normalized spacial score (nSPS) is 11.7. The predicted molar refractivity (Wildman–Crippen MR) is 132 cm³/mol. The van der Waals surface area contributed by atoms with E-state index in [0.29, 0.717) is 16.3 Å². The van der Waals surface area contributed by atoms with Gasteiger partial charge in [-0.25, -0.2) is 13.4 Å². The molecular formula is C23H20ClN5O3S2. The number of anilines is 1. The van der Waals surface area contributed by atoms with E-state index in [1.54, 1.807) is 29.8 Å². The van der Waals surface area contributed by atoms with Crippen molar-refractivity contribution < 1.29 is 13.2 Å². The molecule has 0 unspecified atom stereocenters. The van der Waals surface area contributed by atoms with Crippen molar-refractivity contribution in [3.63, 3.8) is 0 Å². The van der Waals surface area contributed by atoms with Gasteiger partial charge in [0.05, 0.1) is 32.3 Å². The van der Waals surface area contributed by atoms with Gasteiger partial charge in [-0.1, -0.05) is 17.7 Å². The van der Waals surface area contributed by atoms with Crippen LogP contribution in [-0.4, -0.2) is 23.2 Å². The number of nitriles is 1. The monoisotopic (exact) mass is 513 g/mol. The Morgan fingerprint density at radius 1 is 1.15 bits per heavy atom. The molecule has 0 aliphatic rings.